The Balaban J connectivity index is 1.28. The zero-order valence-electron chi connectivity index (χ0n) is 33.2. The van der Waals surface area contributed by atoms with Crippen LogP contribution in [-0.2, 0) is 19.5 Å². The summed E-state index contributed by atoms with van der Waals surface area (Å²) >= 11 is 0. The highest BCUT2D eigenvalue weighted by Crippen LogP contribution is 2.45. The third-order valence-electron chi connectivity index (χ3n) is 11.1. The molecule has 4 aromatic carbocycles. The number of nitrogens with one attached hydrogen (secondary N) is 1. The molecule has 1 aliphatic rings. The van der Waals surface area contributed by atoms with Crippen LogP contribution in [0.2, 0.25) is 18.1 Å². The summed E-state index contributed by atoms with van der Waals surface area (Å²) in [6, 6.07) is 34.5. The fraction of sp³-hybridized carbons (Fsp3) is 0.318. The highest BCUT2D eigenvalue weighted by Gasteiger charge is 2.52. The molecule has 6 aromatic rings. The zero-order valence-corrected chi connectivity index (χ0v) is 34.2. The Labute approximate surface area is 333 Å². The molecule has 0 spiro atoms. The molecule has 296 valence electrons. The van der Waals surface area contributed by atoms with Gasteiger partial charge in [0.15, 0.2) is 31.5 Å². The second-order valence-corrected chi connectivity index (χ2v) is 20.3. The van der Waals surface area contributed by atoms with Crippen LogP contribution in [0, 0.1) is 0 Å². The number of rotatable bonds is 13. The van der Waals surface area contributed by atoms with Crippen molar-refractivity contribution in [2.24, 2.45) is 0 Å². The first-order chi connectivity index (χ1) is 27.4. The average molecular weight is 788 g/mol. The van der Waals surface area contributed by atoms with Gasteiger partial charge in [-0.05, 0) is 71.2 Å². The Morgan fingerprint density at radius 2 is 1.37 bits per heavy atom. The van der Waals surface area contributed by atoms with Gasteiger partial charge in [0.25, 0.3) is 5.91 Å². The van der Waals surface area contributed by atoms with Crippen molar-refractivity contribution >= 4 is 31.2 Å². The normalized spacial score (nSPS) is 18.7. The number of imidazole rings is 1. The van der Waals surface area contributed by atoms with Crippen molar-refractivity contribution in [1.82, 2.24) is 19.5 Å². The van der Waals surface area contributed by atoms with Crippen LogP contribution in [0.3, 0.4) is 0 Å². The SMILES string of the molecule is COc1ccc(C(OC[C@H]2O[C@@H](n3cnc4c(NC(=O)c5ccccc5)ncnc43)[C@@H](O)C2O[Si](C)(C)C(C)(C)C)(c2ccccc2)c2ccc(OC)cc2)cc1. The maximum absolute atomic E-state index is 13.1. The molecule has 1 fully saturated rings. The molecule has 0 aliphatic carbocycles. The summed E-state index contributed by atoms with van der Waals surface area (Å²) in [6.07, 6.45) is -0.733. The predicted molar refractivity (Wildman–Crippen MR) is 220 cm³/mol. The minimum Gasteiger partial charge on any atom is -0.497 e. The van der Waals surface area contributed by atoms with Crippen LogP contribution in [0.4, 0.5) is 5.82 Å². The minimum absolute atomic E-state index is 0.0276. The molecule has 7 rings (SSSR count). The number of methoxy groups -OCH3 is 2. The summed E-state index contributed by atoms with van der Waals surface area (Å²) in [5.74, 6) is 1.32. The number of hydrogen-bond acceptors (Lipinski definition) is 10. The van der Waals surface area contributed by atoms with E-state index in [-0.39, 0.29) is 23.4 Å². The Kier molecular flexibility index (Phi) is 11.3. The highest BCUT2D eigenvalue weighted by molar-refractivity contribution is 6.74. The first-order valence-electron chi connectivity index (χ1n) is 18.9. The van der Waals surface area contributed by atoms with Gasteiger partial charge in [0.2, 0.25) is 0 Å². The first-order valence-corrected chi connectivity index (χ1v) is 21.8. The molecule has 0 saturated carbocycles. The van der Waals surface area contributed by atoms with E-state index < -0.39 is 38.5 Å². The molecule has 1 saturated heterocycles. The topological polar surface area (TPSA) is 139 Å². The standard InChI is InChI=1S/C44H49N5O7Si/c1-43(2,3)57(6,7)56-38-35(55-42(37(38)50)49-28-47-36-39(45-27-46-40(36)49)48-41(51)29-14-10-8-11-15-29)26-54-44(30-16-12-9-13-17-30,31-18-22-33(52-4)23-19-31)32-20-24-34(53-5)25-21-32/h8-25,27-28,35,37-38,42,50H,26H2,1-7H3,(H,45,46,48,51)/t35-,37+,38?,42-/m1/s1. The second-order valence-electron chi connectivity index (χ2n) is 15.6. The molecule has 0 radical (unpaired) electrons. The Morgan fingerprint density at radius 3 is 1.93 bits per heavy atom. The van der Waals surface area contributed by atoms with E-state index in [0.29, 0.717) is 28.2 Å². The largest absolute Gasteiger partial charge is 0.497 e. The van der Waals surface area contributed by atoms with Crippen molar-refractivity contribution in [1.29, 1.82) is 0 Å². The van der Waals surface area contributed by atoms with E-state index in [2.05, 4.69) is 54.1 Å². The minimum atomic E-state index is -2.49. The highest BCUT2D eigenvalue weighted by atomic mass is 28.4. The molecule has 3 heterocycles. The van der Waals surface area contributed by atoms with Gasteiger partial charge in [-0.3, -0.25) is 9.36 Å². The van der Waals surface area contributed by atoms with Gasteiger partial charge in [-0.15, -0.1) is 0 Å². The van der Waals surface area contributed by atoms with Gasteiger partial charge < -0.3 is 33.8 Å². The van der Waals surface area contributed by atoms with Gasteiger partial charge in [0.1, 0.15) is 41.7 Å². The summed E-state index contributed by atoms with van der Waals surface area (Å²) in [6.45, 7) is 10.8. The summed E-state index contributed by atoms with van der Waals surface area (Å²) in [5.41, 5.74) is 2.68. The Bertz CT molecular complexity index is 2230. The smallest absolute Gasteiger partial charge is 0.256 e. The van der Waals surface area contributed by atoms with E-state index in [1.54, 1.807) is 49.4 Å². The molecule has 2 aromatic heterocycles. The number of aliphatic hydroxyl groups excluding tert-OH is 1. The van der Waals surface area contributed by atoms with Crippen molar-refractivity contribution in [3.63, 3.8) is 0 Å². The molecular formula is C44H49N5O7Si. The van der Waals surface area contributed by atoms with Crippen molar-refractivity contribution in [3.8, 4) is 11.5 Å². The number of carbonyl (C=O) groups is 1. The van der Waals surface area contributed by atoms with E-state index in [9.17, 15) is 9.90 Å². The lowest BCUT2D eigenvalue weighted by Gasteiger charge is -2.41. The number of fused-ring (bicyclic) bond motifs is 1. The van der Waals surface area contributed by atoms with Gasteiger partial charge in [0, 0.05) is 5.56 Å². The second kappa shape index (κ2) is 16.2. The van der Waals surface area contributed by atoms with Crippen molar-refractivity contribution in [2.75, 3.05) is 26.1 Å². The van der Waals surface area contributed by atoms with E-state index >= 15 is 0 Å². The van der Waals surface area contributed by atoms with Crippen LogP contribution in [-0.4, -0.2) is 78.0 Å². The third-order valence-corrected chi connectivity index (χ3v) is 15.6. The number of amides is 1. The molecule has 13 heteroatoms. The molecule has 1 amide bonds. The van der Waals surface area contributed by atoms with Crippen LogP contribution >= 0.6 is 0 Å². The number of ether oxygens (including phenoxy) is 4. The number of carbonyl (C=O) groups excluding carboxylic acids is 1. The van der Waals surface area contributed by atoms with Gasteiger partial charge in [-0.25, -0.2) is 15.0 Å². The maximum atomic E-state index is 13.1. The summed E-state index contributed by atoms with van der Waals surface area (Å²) in [4.78, 5) is 26.5. The van der Waals surface area contributed by atoms with Crippen LogP contribution in [0.15, 0.2) is 122 Å². The van der Waals surface area contributed by atoms with E-state index in [4.69, 9.17) is 23.4 Å². The predicted octanol–water partition coefficient (Wildman–Crippen LogP) is 7.75. The van der Waals surface area contributed by atoms with Crippen LogP contribution in [0.1, 0.15) is 54.0 Å². The molecule has 4 atom stereocenters. The number of benzene rings is 4. The van der Waals surface area contributed by atoms with E-state index in [1.165, 1.54) is 6.33 Å². The maximum Gasteiger partial charge on any atom is 0.256 e. The van der Waals surface area contributed by atoms with E-state index in [1.807, 2.05) is 84.9 Å². The van der Waals surface area contributed by atoms with E-state index in [0.717, 1.165) is 16.7 Å². The zero-order chi connectivity index (χ0) is 40.4. The molecule has 1 unspecified atom stereocenters. The fourth-order valence-electron chi connectivity index (χ4n) is 6.93. The number of nitrogens with zero attached hydrogens (tertiary/aromatic N) is 4. The lowest BCUT2D eigenvalue weighted by atomic mass is 9.80. The summed E-state index contributed by atoms with van der Waals surface area (Å²) < 4.78 is 33.9. The molecule has 1 aliphatic heterocycles. The van der Waals surface area contributed by atoms with Gasteiger partial charge in [-0.1, -0.05) is 93.6 Å². The Morgan fingerprint density at radius 1 is 0.807 bits per heavy atom. The van der Waals surface area contributed by atoms with Crippen molar-refractivity contribution < 1.29 is 33.3 Å². The van der Waals surface area contributed by atoms with Crippen LogP contribution < -0.4 is 14.8 Å². The molecule has 57 heavy (non-hydrogen) atoms. The third kappa shape index (κ3) is 7.81. The lowest BCUT2D eigenvalue weighted by molar-refractivity contribution is -0.0930. The Hall–Kier alpha value is -5.44. The van der Waals surface area contributed by atoms with Crippen LogP contribution in [0.25, 0.3) is 11.2 Å². The van der Waals surface area contributed by atoms with Gasteiger partial charge in [-0.2, -0.15) is 0 Å². The number of aromatic nitrogens is 4. The summed E-state index contributed by atoms with van der Waals surface area (Å²) in [7, 11) is 0.784. The molecule has 0 bridgehead atoms. The first kappa shape index (κ1) is 39.8. The molecule has 2 N–H and O–H groups in total. The molecule has 12 nitrogen and oxygen atoms in total. The lowest BCUT2D eigenvalue weighted by Crippen LogP contribution is -2.50. The van der Waals surface area contributed by atoms with Crippen molar-refractivity contribution in [2.45, 2.75) is 69.0 Å². The fourth-order valence-corrected chi connectivity index (χ4v) is 8.25. The quantitative estimate of drug-likeness (QED) is 0.0883. The number of hydrogen-bond donors (Lipinski definition) is 2. The summed E-state index contributed by atoms with van der Waals surface area (Å²) in [5, 5.41) is 15.0. The molecular weight excluding hydrogens is 739 g/mol. The monoisotopic (exact) mass is 787 g/mol. The number of aliphatic hydroxyl groups is 1. The van der Waals surface area contributed by atoms with Gasteiger partial charge >= 0.3 is 0 Å². The number of anilines is 1. The van der Waals surface area contributed by atoms with Crippen molar-refractivity contribution in [3.05, 3.63) is 144 Å². The van der Waals surface area contributed by atoms with Crippen LogP contribution in [0.5, 0.6) is 11.5 Å². The van der Waals surface area contributed by atoms with Gasteiger partial charge in [0.05, 0.1) is 27.2 Å². The average Bonchev–Trinajstić information content (AvgIpc) is 3.79.